The number of rotatable bonds is 11. The minimum atomic E-state index is -1.80. The molecule has 0 aromatic rings. The maximum absolute atomic E-state index is 10.7. The van der Waals surface area contributed by atoms with Gasteiger partial charge in [-0.25, -0.2) is 4.79 Å². The van der Waals surface area contributed by atoms with E-state index in [1.807, 2.05) is 6.08 Å². The van der Waals surface area contributed by atoms with Gasteiger partial charge < -0.3 is 23.7 Å². The lowest BCUT2D eigenvalue weighted by molar-refractivity contribution is 0.143. The van der Waals surface area contributed by atoms with Gasteiger partial charge in [-0.05, 0) is 71.8 Å². The summed E-state index contributed by atoms with van der Waals surface area (Å²) in [6.07, 6.45) is 2.46. The number of ether oxygens (including phenoxy) is 1. The van der Waals surface area contributed by atoms with E-state index >= 15 is 0 Å². The van der Waals surface area contributed by atoms with Crippen LogP contribution < -0.4 is 5.73 Å². The highest BCUT2D eigenvalue weighted by Crippen LogP contribution is 2.21. The van der Waals surface area contributed by atoms with E-state index < -0.39 is 31.0 Å². The van der Waals surface area contributed by atoms with E-state index in [0.717, 1.165) is 0 Å². The molecule has 0 radical (unpaired) electrons. The smallest absolute Gasteiger partial charge is 0.404 e. The Kier molecular flexibility index (Phi) is 9.49. The molecule has 148 valence electrons. The molecule has 0 heterocycles. The fourth-order valence-corrected chi connectivity index (χ4v) is 4.54. The van der Waals surface area contributed by atoms with Gasteiger partial charge in [-0.15, -0.1) is 0 Å². The van der Waals surface area contributed by atoms with Crippen molar-refractivity contribution in [1.29, 1.82) is 0 Å². The molecule has 0 aromatic carbocycles. The molecule has 1 atom stereocenters. The van der Waals surface area contributed by atoms with Crippen LogP contribution in [0.15, 0.2) is 12.0 Å². The van der Waals surface area contributed by atoms with Crippen LogP contribution in [0.25, 0.3) is 0 Å². The lowest BCUT2D eigenvalue weighted by atomic mass is 10.2. The zero-order valence-corrected chi connectivity index (χ0v) is 20.4. The fraction of sp³-hybridized carbons (Fsp3) is 0.812. The molecule has 0 saturated heterocycles. The maximum atomic E-state index is 10.7. The van der Waals surface area contributed by atoms with Gasteiger partial charge in [-0.2, -0.15) is 0 Å². The minimum absolute atomic E-state index is 0.133. The molecule has 1 amide bonds. The van der Waals surface area contributed by atoms with Gasteiger partial charge in [0.25, 0.3) is 0 Å². The van der Waals surface area contributed by atoms with Crippen LogP contribution in [0.3, 0.4) is 0 Å². The minimum Gasteiger partial charge on any atom is -0.521 e. The molecule has 0 aliphatic rings. The Balaban J connectivity index is 5.21. The first-order valence-electron chi connectivity index (χ1n) is 8.77. The average Bonchev–Trinajstić information content (AvgIpc) is 2.27. The molecule has 2 N–H and O–H groups in total. The van der Waals surface area contributed by atoms with E-state index in [4.69, 9.17) is 23.7 Å². The Morgan fingerprint density at radius 2 is 1.40 bits per heavy atom. The van der Waals surface area contributed by atoms with Crippen molar-refractivity contribution in [3.05, 3.63) is 12.0 Å². The Bertz CT molecular complexity index is 432. The first-order chi connectivity index (χ1) is 11.1. The SMILES string of the molecule is C[Si](C)(C)OC(=CC(CCCOC(N)=O)O[Si](C)(C)C)O[Si](C)(C)C. The number of nitrogens with two attached hydrogens (primary N) is 1. The van der Waals surface area contributed by atoms with Crippen molar-refractivity contribution in [2.75, 3.05) is 6.61 Å². The molecule has 6 nitrogen and oxygen atoms in total. The summed E-state index contributed by atoms with van der Waals surface area (Å²) in [5.74, 6) is 0.581. The van der Waals surface area contributed by atoms with Gasteiger partial charge in [0, 0.05) is 6.08 Å². The van der Waals surface area contributed by atoms with E-state index in [2.05, 4.69) is 58.9 Å². The van der Waals surface area contributed by atoms with Crippen molar-refractivity contribution < 1.29 is 22.8 Å². The summed E-state index contributed by atoms with van der Waals surface area (Å²) < 4.78 is 23.4. The Morgan fingerprint density at radius 3 is 1.76 bits per heavy atom. The molecule has 0 rings (SSSR count). The van der Waals surface area contributed by atoms with Crippen molar-refractivity contribution in [2.45, 2.75) is 77.9 Å². The Hall–Kier alpha value is -0.779. The highest BCUT2D eigenvalue weighted by molar-refractivity contribution is 6.71. The number of carbonyl (C=O) groups is 1. The van der Waals surface area contributed by atoms with Crippen LogP contribution in [0.5, 0.6) is 0 Å². The largest absolute Gasteiger partial charge is 0.521 e. The predicted molar refractivity (Wildman–Crippen MR) is 110 cm³/mol. The lowest BCUT2D eigenvalue weighted by Gasteiger charge is -2.30. The fourth-order valence-electron chi connectivity index (χ4n) is 1.93. The van der Waals surface area contributed by atoms with Gasteiger partial charge in [-0.1, -0.05) is 0 Å². The van der Waals surface area contributed by atoms with E-state index in [0.29, 0.717) is 18.8 Å². The van der Waals surface area contributed by atoms with E-state index in [9.17, 15) is 4.79 Å². The third kappa shape index (κ3) is 16.4. The third-order valence-electron chi connectivity index (χ3n) is 2.52. The van der Waals surface area contributed by atoms with E-state index in [1.165, 1.54) is 0 Å². The summed E-state index contributed by atoms with van der Waals surface area (Å²) in [6.45, 7) is 19.5. The van der Waals surface area contributed by atoms with Crippen molar-refractivity contribution in [2.24, 2.45) is 5.73 Å². The lowest BCUT2D eigenvalue weighted by Crippen LogP contribution is -2.34. The van der Waals surface area contributed by atoms with Crippen LogP contribution >= 0.6 is 0 Å². The second-order valence-electron chi connectivity index (χ2n) is 8.99. The summed E-state index contributed by atoms with van der Waals surface area (Å²) >= 11 is 0. The van der Waals surface area contributed by atoms with E-state index in [1.54, 1.807) is 0 Å². The van der Waals surface area contributed by atoms with Gasteiger partial charge in [0.1, 0.15) is 0 Å². The van der Waals surface area contributed by atoms with Gasteiger partial charge >= 0.3 is 6.09 Å². The van der Waals surface area contributed by atoms with Crippen LogP contribution in [0, 0.1) is 0 Å². The quantitative estimate of drug-likeness (QED) is 0.307. The van der Waals surface area contributed by atoms with Crippen molar-refractivity contribution >= 4 is 31.0 Å². The van der Waals surface area contributed by atoms with Crippen molar-refractivity contribution in [3.63, 3.8) is 0 Å². The normalized spacial score (nSPS) is 13.8. The second-order valence-corrected chi connectivity index (χ2v) is 22.3. The standard InChI is InChI=1S/C16H37NO5Si3/c1-23(2,3)20-14(11-10-12-19-16(17)18)13-15(21-24(4,5)6)22-25(7,8)9/h13-14H,10-12H2,1-9H3,(H2,17,18). The first-order valence-corrected chi connectivity index (χ1v) is 19.0. The van der Waals surface area contributed by atoms with Crippen LogP contribution in [0.2, 0.25) is 58.9 Å². The molecule has 25 heavy (non-hydrogen) atoms. The summed E-state index contributed by atoms with van der Waals surface area (Å²) in [5.41, 5.74) is 5.00. The molecule has 0 bridgehead atoms. The third-order valence-corrected chi connectivity index (χ3v) is 5.15. The molecule has 9 heteroatoms. The van der Waals surface area contributed by atoms with Crippen molar-refractivity contribution in [1.82, 2.24) is 0 Å². The van der Waals surface area contributed by atoms with Gasteiger partial charge in [0.05, 0.1) is 12.7 Å². The van der Waals surface area contributed by atoms with Crippen molar-refractivity contribution in [3.8, 4) is 0 Å². The highest BCUT2D eigenvalue weighted by Gasteiger charge is 2.26. The molecule has 1 unspecified atom stereocenters. The van der Waals surface area contributed by atoms with E-state index in [-0.39, 0.29) is 12.7 Å². The summed E-state index contributed by atoms with van der Waals surface area (Å²) in [6, 6.07) is 0. The monoisotopic (exact) mass is 407 g/mol. The topological polar surface area (TPSA) is 80.0 Å². The van der Waals surface area contributed by atoms with Crippen LogP contribution in [0.4, 0.5) is 4.79 Å². The molecule has 0 aliphatic heterocycles. The molecular weight excluding hydrogens is 370 g/mol. The zero-order chi connectivity index (χ0) is 19.9. The summed E-state index contributed by atoms with van der Waals surface area (Å²) in [4.78, 5) is 10.7. The van der Waals surface area contributed by atoms with Gasteiger partial charge in [0.2, 0.25) is 22.6 Å². The number of hydrogen-bond acceptors (Lipinski definition) is 5. The summed E-state index contributed by atoms with van der Waals surface area (Å²) in [7, 11) is -5.35. The number of carbonyl (C=O) groups excluding carboxylic acids is 1. The first kappa shape index (κ1) is 24.2. The number of hydrogen-bond donors (Lipinski definition) is 1. The maximum Gasteiger partial charge on any atom is 0.404 e. The molecule has 0 aliphatic carbocycles. The Morgan fingerprint density at radius 1 is 0.920 bits per heavy atom. The van der Waals surface area contributed by atoms with Crippen LogP contribution in [0.1, 0.15) is 12.8 Å². The van der Waals surface area contributed by atoms with Crippen LogP contribution in [-0.4, -0.2) is 43.8 Å². The predicted octanol–water partition coefficient (Wildman–Crippen LogP) is 4.63. The number of amides is 1. The zero-order valence-electron chi connectivity index (χ0n) is 17.4. The van der Waals surface area contributed by atoms with Gasteiger partial charge in [-0.3, -0.25) is 0 Å². The summed E-state index contributed by atoms with van der Waals surface area (Å²) in [5, 5.41) is 0. The molecule has 0 saturated carbocycles. The molecule has 0 fully saturated rings. The second kappa shape index (κ2) is 9.79. The molecule has 0 aromatic heterocycles. The Labute approximate surface area is 156 Å². The molecular formula is C16H37NO5Si3. The highest BCUT2D eigenvalue weighted by atomic mass is 28.4. The van der Waals surface area contributed by atoms with Crippen LogP contribution in [-0.2, 0) is 18.0 Å². The molecule has 0 spiro atoms. The van der Waals surface area contributed by atoms with Gasteiger partial charge in [0.15, 0.2) is 8.32 Å². The number of primary amides is 1. The average molecular weight is 408 g/mol.